The van der Waals surface area contributed by atoms with Crippen molar-refractivity contribution in [3.63, 3.8) is 0 Å². The Labute approximate surface area is 120 Å². The van der Waals surface area contributed by atoms with E-state index < -0.39 is 5.79 Å². The molecule has 6 nitrogen and oxygen atoms in total. The molecule has 6 heteroatoms. The monoisotopic (exact) mass is 289 g/mol. The molecule has 0 aromatic carbocycles. The van der Waals surface area contributed by atoms with Crippen LogP contribution in [0.5, 0.6) is 0 Å². The smallest absolute Gasteiger partial charge is 0.171 e. The van der Waals surface area contributed by atoms with Crippen LogP contribution in [-0.4, -0.2) is 64.7 Å². The summed E-state index contributed by atoms with van der Waals surface area (Å²) in [5, 5.41) is 0. The lowest BCUT2D eigenvalue weighted by atomic mass is 9.88. The average molecular weight is 289 g/mol. The lowest BCUT2D eigenvalue weighted by Crippen LogP contribution is -2.50. The third kappa shape index (κ3) is 4.65. The molecule has 1 aliphatic carbocycles. The molecular formula is C14H27NO5. The zero-order valence-electron chi connectivity index (χ0n) is 12.3. The fourth-order valence-corrected chi connectivity index (χ4v) is 2.71. The third-order valence-corrected chi connectivity index (χ3v) is 3.86. The number of ether oxygens (including phenoxy) is 5. The lowest BCUT2D eigenvalue weighted by Gasteiger charge is -2.39. The van der Waals surface area contributed by atoms with E-state index in [0.717, 1.165) is 25.7 Å². The SMILES string of the molecule is COCCOCCCOC1CC2(CCC1N)OCCO2. The Morgan fingerprint density at radius 2 is 1.95 bits per heavy atom. The van der Waals surface area contributed by atoms with Gasteiger partial charge in [-0.2, -0.15) is 0 Å². The molecule has 0 amide bonds. The number of hydrogen-bond donors (Lipinski definition) is 1. The predicted octanol–water partition coefficient (Wildman–Crippen LogP) is 0.679. The van der Waals surface area contributed by atoms with Crippen LogP contribution in [0.2, 0.25) is 0 Å². The molecule has 2 N–H and O–H groups in total. The zero-order chi connectivity index (χ0) is 14.3. The van der Waals surface area contributed by atoms with Crippen LogP contribution in [-0.2, 0) is 23.7 Å². The fraction of sp³-hybridized carbons (Fsp3) is 1.00. The minimum atomic E-state index is -0.435. The molecule has 1 saturated carbocycles. The largest absolute Gasteiger partial charge is 0.382 e. The van der Waals surface area contributed by atoms with Crippen LogP contribution in [0.4, 0.5) is 0 Å². The molecule has 0 aromatic rings. The van der Waals surface area contributed by atoms with Gasteiger partial charge in [0.25, 0.3) is 0 Å². The van der Waals surface area contributed by atoms with Crippen molar-refractivity contribution in [3.05, 3.63) is 0 Å². The van der Waals surface area contributed by atoms with Gasteiger partial charge >= 0.3 is 0 Å². The van der Waals surface area contributed by atoms with Crippen molar-refractivity contribution in [1.29, 1.82) is 0 Å². The Morgan fingerprint density at radius 3 is 2.70 bits per heavy atom. The molecule has 2 fully saturated rings. The van der Waals surface area contributed by atoms with Crippen molar-refractivity contribution >= 4 is 0 Å². The summed E-state index contributed by atoms with van der Waals surface area (Å²) >= 11 is 0. The van der Waals surface area contributed by atoms with E-state index in [2.05, 4.69) is 0 Å². The zero-order valence-corrected chi connectivity index (χ0v) is 12.3. The van der Waals surface area contributed by atoms with Gasteiger partial charge in [-0.3, -0.25) is 0 Å². The molecule has 0 radical (unpaired) electrons. The second kappa shape index (κ2) is 8.26. The topological polar surface area (TPSA) is 72.2 Å². The highest BCUT2D eigenvalue weighted by Crippen LogP contribution is 2.36. The van der Waals surface area contributed by atoms with Crippen LogP contribution in [0.1, 0.15) is 25.7 Å². The standard InChI is InChI=1S/C14H27NO5/c1-16-7-8-17-5-2-6-18-13-11-14(4-3-12(13)15)19-9-10-20-14/h12-13H,2-11,15H2,1H3. The summed E-state index contributed by atoms with van der Waals surface area (Å²) < 4.78 is 27.7. The molecule has 1 aliphatic heterocycles. The molecule has 2 unspecified atom stereocenters. The summed E-state index contributed by atoms with van der Waals surface area (Å²) in [5.41, 5.74) is 6.13. The highest BCUT2D eigenvalue weighted by molar-refractivity contribution is 4.90. The van der Waals surface area contributed by atoms with Gasteiger partial charge in [0.2, 0.25) is 0 Å². The van der Waals surface area contributed by atoms with E-state index >= 15 is 0 Å². The van der Waals surface area contributed by atoms with Crippen molar-refractivity contribution < 1.29 is 23.7 Å². The minimum absolute atomic E-state index is 0.0147. The molecule has 1 saturated heterocycles. The average Bonchev–Trinajstić information content (AvgIpc) is 2.90. The van der Waals surface area contributed by atoms with Gasteiger partial charge in [-0.05, 0) is 12.8 Å². The predicted molar refractivity (Wildman–Crippen MR) is 73.5 cm³/mol. The first-order valence-corrected chi connectivity index (χ1v) is 7.47. The van der Waals surface area contributed by atoms with E-state index in [4.69, 9.17) is 29.4 Å². The molecule has 0 bridgehead atoms. The number of rotatable bonds is 8. The van der Waals surface area contributed by atoms with Gasteiger partial charge in [0.05, 0.1) is 32.5 Å². The van der Waals surface area contributed by atoms with Gasteiger partial charge in [0, 0.05) is 39.2 Å². The van der Waals surface area contributed by atoms with Gasteiger partial charge in [0.15, 0.2) is 5.79 Å². The summed E-state index contributed by atoms with van der Waals surface area (Å²) in [4.78, 5) is 0. The summed E-state index contributed by atoms with van der Waals surface area (Å²) in [6, 6.07) is 0.0721. The summed E-state index contributed by atoms with van der Waals surface area (Å²) in [6.07, 6.45) is 3.37. The van der Waals surface area contributed by atoms with Gasteiger partial charge in [-0.1, -0.05) is 0 Å². The third-order valence-electron chi connectivity index (χ3n) is 3.86. The molecule has 1 heterocycles. The minimum Gasteiger partial charge on any atom is -0.382 e. The number of methoxy groups -OCH3 is 1. The second-order valence-electron chi connectivity index (χ2n) is 5.38. The highest BCUT2D eigenvalue weighted by Gasteiger charge is 2.44. The molecular weight excluding hydrogens is 262 g/mol. The number of hydrogen-bond acceptors (Lipinski definition) is 6. The first-order chi connectivity index (χ1) is 9.76. The Morgan fingerprint density at radius 1 is 1.15 bits per heavy atom. The first-order valence-electron chi connectivity index (χ1n) is 7.47. The van der Waals surface area contributed by atoms with Crippen molar-refractivity contribution in [2.24, 2.45) is 5.73 Å². The van der Waals surface area contributed by atoms with Gasteiger partial charge < -0.3 is 29.4 Å². The van der Waals surface area contributed by atoms with Crippen molar-refractivity contribution in [1.82, 2.24) is 0 Å². The van der Waals surface area contributed by atoms with Crippen LogP contribution in [0.25, 0.3) is 0 Å². The molecule has 2 atom stereocenters. The van der Waals surface area contributed by atoms with Crippen LogP contribution >= 0.6 is 0 Å². The Kier molecular flexibility index (Phi) is 6.67. The van der Waals surface area contributed by atoms with Gasteiger partial charge in [-0.25, -0.2) is 0 Å². The van der Waals surface area contributed by atoms with E-state index in [0.29, 0.717) is 39.6 Å². The van der Waals surface area contributed by atoms with Crippen molar-refractivity contribution in [3.8, 4) is 0 Å². The van der Waals surface area contributed by atoms with Crippen molar-refractivity contribution in [2.45, 2.75) is 43.6 Å². The van der Waals surface area contributed by atoms with E-state index in [1.165, 1.54) is 0 Å². The maximum absolute atomic E-state index is 6.13. The molecule has 0 aromatic heterocycles. The Hall–Kier alpha value is -0.240. The molecule has 20 heavy (non-hydrogen) atoms. The molecule has 118 valence electrons. The lowest BCUT2D eigenvalue weighted by molar-refractivity contribution is -0.205. The van der Waals surface area contributed by atoms with E-state index in [1.54, 1.807) is 7.11 Å². The summed E-state index contributed by atoms with van der Waals surface area (Å²) in [5.74, 6) is -0.435. The summed E-state index contributed by atoms with van der Waals surface area (Å²) in [6.45, 7) is 3.95. The number of nitrogens with two attached hydrogens (primary N) is 1. The van der Waals surface area contributed by atoms with Crippen LogP contribution in [0.3, 0.4) is 0 Å². The molecule has 1 spiro atoms. The molecule has 2 rings (SSSR count). The highest BCUT2D eigenvalue weighted by atomic mass is 16.7. The summed E-state index contributed by atoms with van der Waals surface area (Å²) in [7, 11) is 1.67. The van der Waals surface area contributed by atoms with E-state index in [-0.39, 0.29) is 12.1 Å². The van der Waals surface area contributed by atoms with Crippen LogP contribution in [0.15, 0.2) is 0 Å². The fourth-order valence-electron chi connectivity index (χ4n) is 2.71. The normalized spacial score (nSPS) is 29.1. The second-order valence-corrected chi connectivity index (χ2v) is 5.38. The van der Waals surface area contributed by atoms with E-state index in [1.807, 2.05) is 0 Å². The van der Waals surface area contributed by atoms with Crippen LogP contribution < -0.4 is 5.73 Å². The Balaban J connectivity index is 1.61. The maximum atomic E-state index is 6.13. The Bertz CT molecular complexity index is 270. The molecule has 2 aliphatic rings. The first kappa shape index (κ1) is 16.1. The quantitative estimate of drug-likeness (QED) is 0.663. The van der Waals surface area contributed by atoms with Gasteiger partial charge in [0.1, 0.15) is 0 Å². The van der Waals surface area contributed by atoms with E-state index in [9.17, 15) is 0 Å². The van der Waals surface area contributed by atoms with Gasteiger partial charge in [-0.15, -0.1) is 0 Å². The maximum Gasteiger partial charge on any atom is 0.171 e. The van der Waals surface area contributed by atoms with Crippen LogP contribution in [0, 0.1) is 0 Å². The van der Waals surface area contributed by atoms with Crippen molar-refractivity contribution in [2.75, 3.05) is 46.8 Å².